The molecule has 1 saturated carbocycles. The summed E-state index contributed by atoms with van der Waals surface area (Å²) in [6.45, 7) is 7.36. The number of amides is 1. The highest BCUT2D eigenvalue weighted by Crippen LogP contribution is 2.41. The van der Waals surface area contributed by atoms with Crippen LogP contribution in [0.1, 0.15) is 69.4 Å². The topological polar surface area (TPSA) is 48.5 Å². The predicted molar refractivity (Wildman–Crippen MR) is 109 cm³/mol. The Balaban J connectivity index is 1.36. The molecule has 2 unspecified atom stereocenters. The van der Waals surface area contributed by atoms with E-state index in [-0.39, 0.29) is 5.54 Å². The number of thiazole rings is 1. The number of aromatic nitrogens is 1. The van der Waals surface area contributed by atoms with E-state index < -0.39 is 0 Å². The normalized spacial score (nSPS) is 30.0. The summed E-state index contributed by atoms with van der Waals surface area (Å²) in [5.41, 5.74) is 1.11. The van der Waals surface area contributed by atoms with E-state index in [0.717, 1.165) is 32.5 Å². The lowest BCUT2D eigenvalue weighted by Crippen LogP contribution is -2.52. The summed E-state index contributed by atoms with van der Waals surface area (Å²) in [4.78, 5) is 24.2. The zero-order chi connectivity index (χ0) is 18.6. The molecule has 5 rings (SSSR count). The lowest BCUT2D eigenvalue weighted by atomic mass is 9.90. The molecule has 6 heteroatoms. The first kappa shape index (κ1) is 17.9. The summed E-state index contributed by atoms with van der Waals surface area (Å²) < 4.78 is 0. The Kier molecular flexibility index (Phi) is 4.47. The van der Waals surface area contributed by atoms with Crippen molar-refractivity contribution in [3.05, 3.63) is 10.6 Å². The van der Waals surface area contributed by atoms with E-state index in [2.05, 4.69) is 29.0 Å². The van der Waals surface area contributed by atoms with E-state index in [1.807, 2.05) is 11.3 Å². The lowest BCUT2D eigenvalue weighted by molar-refractivity contribution is -0.139. The van der Waals surface area contributed by atoms with Crippen LogP contribution in [0.25, 0.3) is 0 Å². The number of piperazine rings is 1. The van der Waals surface area contributed by atoms with Gasteiger partial charge in [-0.15, -0.1) is 0 Å². The van der Waals surface area contributed by atoms with Crippen molar-refractivity contribution in [2.75, 3.05) is 18.0 Å². The molecule has 2 bridgehead atoms. The van der Waals surface area contributed by atoms with Gasteiger partial charge in [0.05, 0.1) is 12.2 Å². The first-order valence-corrected chi connectivity index (χ1v) is 11.6. The van der Waals surface area contributed by atoms with E-state index in [0.29, 0.717) is 23.9 Å². The van der Waals surface area contributed by atoms with Gasteiger partial charge >= 0.3 is 0 Å². The van der Waals surface area contributed by atoms with Gasteiger partial charge < -0.3 is 15.1 Å². The van der Waals surface area contributed by atoms with Crippen LogP contribution in [0.4, 0.5) is 5.13 Å². The molecule has 4 aliphatic rings. The fraction of sp³-hybridized carbons (Fsp3) is 0.810. The molecular weight excluding hydrogens is 356 g/mol. The number of rotatable bonds is 3. The molecule has 27 heavy (non-hydrogen) atoms. The molecule has 4 heterocycles. The minimum Gasteiger partial charge on any atom is -0.340 e. The number of hydrogen-bond acceptors (Lipinski definition) is 5. The van der Waals surface area contributed by atoms with Crippen LogP contribution in [-0.2, 0) is 17.8 Å². The Morgan fingerprint density at radius 1 is 1.19 bits per heavy atom. The van der Waals surface area contributed by atoms with Crippen LogP contribution in [0.2, 0.25) is 0 Å². The average molecular weight is 389 g/mol. The molecule has 3 fully saturated rings. The van der Waals surface area contributed by atoms with Gasteiger partial charge in [-0.25, -0.2) is 4.98 Å². The second kappa shape index (κ2) is 6.73. The van der Waals surface area contributed by atoms with Crippen molar-refractivity contribution in [1.82, 2.24) is 15.2 Å². The first-order valence-electron chi connectivity index (χ1n) is 10.8. The fourth-order valence-corrected chi connectivity index (χ4v) is 6.90. The summed E-state index contributed by atoms with van der Waals surface area (Å²) in [5, 5.41) is 4.76. The molecule has 148 valence electrons. The molecule has 2 atom stereocenters. The van der Waals surface area contributed by atoms with E-state index in [4.69, 9.17) is 4.98 Å². The van der Waals surface area contributed by atoms with E-state index in [1.165, 1.54) is 54.2 Å². The highest BCUT2D eigenvalue weighted by atomic mass is 32.1. The molecule has 1 amide bonds. The molecule has 3 aliphatic heterocycles. The van der Waals surface area contributed by atoms with Gasteiger partial charge in [-0.2, -0.15) is 0 Å². The van der Waals surface area contributed by atoms with Crippen LogP contribution < -0.4 is 10.2 Å². The molecule has 1 aromatic heterocycles. The molecule has 1 N–H and O–H groups in total. The third-order valence-electron chi connectivity index (χ3n) is 7.24. The number of carbonyl (C=O) groups is 1. The number of hydrogen-bond donors (Lipinski definition) is 1. The molecule has 5 nitrogen and oxygen atoms in total. The van der Waals surface area contributed by atoms with Crippen LogP contribution in [0.15, 0.2) is 0 Å². The third kappa shape index (κ3) is 3.19. The number of carbonyl (C=O) groups excluding carboxylic acids is 1. The lowest BCUT2D eigenvalue weighted by Gasteiger charge is -2.42. The van der Waals surface area contributed by atoms with Crippen LogP contribution in [-0.4, -0.2) is 46.5 Å². The second-order valence-corrected chi connectivity index (χ2v) is 10.7. The Hall–Kier alpha value is -1.14. The number of nitrogens with zero attached hydrogens (tertiary/aromatic N) is 3. The molecule has 1 aromatic rings. The smallest absolute Gasteiger partial charge is 0.223 e. The summed E-state index contributed by atoms with van der Waals surface area (Å²) >= 11 is 1.85. The van der Waals surface area contributed by atoms with Crippen molar-refractivity contribution in [3.63, 3.8) is 0 Å². The summed E-state index contributed by atoms with van der Waals surface area (Å²) in [6, 6.07) is 1.20. The van der Waals surface area contributed by atoms with Gasteiger partial charge in [0.1, 0.15) is 0 Å². The number of anilines is 1. The monoisotopic (exact) mass is 388 g/mol. The van der Waals surface area contributed by atoms with Crippen LogP contribution in [0.3, 0.4) is 0 Å². The highest BCUT2D eigenvalue weighted by molar-refractivity contribution is 7.15. The van der Waals surface area contributed by atoms with Crippen LogP contribution >= 0.6 is 11.3 Å². The summed E-state index contributed by atoms with van der Waals surface area (Å²) in [5.74, 6) is 0.970. The third-order valence-corrected chi connectivity index (χ3v) is 8.34. The maximum atomic E-state index is 13.1. The maximum absolute atomic E-state index is 13.1. The van der Waals surface area contributed by atoms with Crippen molar-refractivity contribution in [1.29, 1.82) is 0 Å². The predicted octanol–water partition coefficient (Wildman–Crippen LogP) is 3.33. The van der Waals surface area contributed by atoms with Crippen molar-refractivity contribution < 1.29 is 4.79 Å². The maximum Gasteiger partial charge on any atom is 0.223 e. The standard InChI is InChI=1S/C21H32N4OS/c1-21(2)10-17-18(13-24(21)19(26)9-14-5-3-4-6-14)27-20(23-17)25-15-7-8-16(25)12-22-11-15/h14-16,22H,3-13H2,1-2H3. The van der Waals surface area contributed by atoms with Gasteiger partial charge in [0.25, 0.3) is 0 Å². The molecule has 0 aromatic carbocycles. The van der Waals surface area contributed by atoms with Crippen molar-refractivity contribution in [3.8, 4) is 0 Å². The van der Waals surface area contributed by atoms with Gasteiger partial charge in [-0.1, -0.05) is 24.2 Å². The highest BCUT2D eigenvalue weighted by Gasteiger charge is 2.42. The minimum absolute atomic E-state index is 0.129. The zero-order valence-electron chi connectivity index (χ0n) is 16.7. The quantitative estimate of drug-likeness (QED) is 0.863. The van der Waals surface area contributed by atoms with Crippen LogP contribution in [0.5, 0.6) is 0 Å². The Bertz CT molecular complexity index is 708. The molecule has 0 radical (unpaired) electrons. The summed E-state index contributed by atoms with van der Waals surface area (Å²) in [6.07, 6.45) is 9.26. The minimum atomic E-state index is -0.129. The number of nitrogens with one attached hydrogen (secondary N) is 1. The Morgan fingerprint density at radius 2 is 1.89 bits per heavy atom. The molecule has 0 spiro atoms. The summed E-state index contributed by atoms with van der Waals surface area (Å²) in [7, 11) is 0. The van der Waals surface area contributed by atoms with Crippen LogP contribution in [0, 0.1) is 5.92 Å². The van der Waals surface area contributed by atoms with Gasteiger partial charge in [0, 0.05) is 48.4 Å². The fourth-order valence-electron chi connectivity index (χ4n) is 5.69. The van der Waals surface area contributed by atoms with Gasteiger partial charge in [0.2, 0.25) is 5.91 Å². The zero-order valence-corrected chi connectivity index (χ0v) is 17.5. The average Bonchev–Trinajstić information content (AvgIpc) is 3.31. The van der Waals surface area contributed by atoms with Crippen molar-refractivity contribution in [2.24, 2.45) is 5.92 Å². The SMILES string of the molecule is CC1(C)Cc2nc(N3C4CCC3CNC4)sc2CN1C(=O)CC1CCCC1. The number of fused-ring (bicyclic) bond motifs is 3. The van der Waals surface area contributed by atoms with Crippen molar-refractivity contribution >= 4 is 22.4 Å². The second-order valence-electron chi connectivity index (χ2n) is 9.64. The van der Waals surface area contributed by atoms with Gasteiger partial charge in [-0.05, 0) is 45.4 Å². The first-order chi connectivity index (χ1) is 13.0. The van der Waals surface area contributed by atoms with Crippen molar-refractivity contribution in [2.45, 2.75) is 89.4 Å². The molecule has 2 saturated heterocycles. The molecular formula is C21H32N4OS. The Morgan fingerprint density at radius 3 is 2.59 bits per heavy atom. The van der Waals surface area contributed by atoms with E-state index >= 15 is 0 Å². The van der Waals surface area contributed by atoms with Gasteiger partial charge in [-0.3, -0.25) is 4.79 Å². The van der Waals surface area contributed by atoms with E-state index in [1.54, 1.807) is 0 Å². The molecule has 1 aliphatic carbocycles. The Labute approximate surface area is 166 Å². The van der Waals surface area contributed by atoms with E-state index in [9.17, 15) is 4.79 Å². The van der Waals surface area contributed by atoms with Gasteiger partial charge in [0.15, 0.2) is 5.13 Å². The largest absolute Gasteiger partial charge is 0.340 e.